The molecule has 0 radical (unpaired) electrons. The Kier molecular flexibility index (Phi) is 4.11. The van der Waals surface area contributed by atoms with Crippen LogP contribution in [0.5, 0.6) is 5.75 Å². The summed E-state index contributed by atoms with van der Waals surface area (Å²) in [6, 6.07) is 6.59. The molecule has 1 aromatic carbocycles. The Balaban J connectivity index is 1.93. The summed E-state index contributed by atoms with van der Waals surface area (Å²) in [5.74, 6) is -0.0241. The van der Waals surface area contributed by atoms with E-state index in [0.717, 1.165) is 5.56 Å². The SMILES string of the molecule is CC(C)(C)C1=NNC(N/N=C/c2ccc(O)cc2)NC1=O. The molecule has 0 spiro atoms. The summed E-state index contributed by atoms with van der Waals surface area (Å²) in [5, 5.41) is 20.0. The predicted molar refractivity (Wildman–Crippen MR) is 80.8 cm³/mol. The van der Waals surface area contributed by atoms with Crippen LogP contribution in [0.25, 0.3) is 0 Å². The Morgan fingerprint density at radius 2 is 2.00 bits per heavy atom. The first-order chi connectivity index (χ1) is 9.86. The second-order valence-corrected chi connectivity index (χ2v) is 5.72. The van der Waals surface area contributed by atoms with Crippen molar-refractivity contribution in [3.8, 4) is 5.75 Å². The number of phenolic OH excluding ortho intramolecular Hbond substituents is 1. The minimum Gasteiger partial charge on any atom is -0.508 e. The lowest BCUT2D eigenvalue weighted by atomic mass is 9.89. The largest absolute Gasteiger partial charge is 0.508 e. The molecule has 2 rings (SSSR count). The van der Waals surface area contributed by atoms with Gasteiger partial charge in [0, 0.05) is 5.41 Å². The highest BCUT2D eigenvalue weighted by Gasteiger charge is 2.30. The number of benzene rings is 1. The van der Waals surface area contributed by atoms with Gasteiger partial charge in [-0.15, -0.1) is 0 Å². The fourth-order valence-corrected chi connectivity index (χ4v) is 1.73. The number of carbonyl (C=O) groups is 1. The van der Waals surface area contributed by atoms with Crippen molar-refractivity contribution in [2.75, 3.05) is 0 Å². The van der Waals surface area contributed by atoms with Gasteiger partial charge in [0.2, 0.25) is 6.29 Å². The van der Waals surface area contributed by atoms with Gasteiger partial charge in [0.1, 0.15) is 11.5 Å². The van der Waals surface area contributed by atoms with E-state index < -0.39 is 6.29 Å². The number of nitrogens with one attached hydrogen (secondary N) is 3. The van der Waals surface area contributed by atoms with Gasteiger partial charge in [-0.25, -0.2) is 0 Å². The summed E-state index contributed by atoms with van der Waals surface area (Å²) in [5.41, 5.74) is 6.48. The van der Waals surface area contributed by atoms with Gasteiger partial charge >= 0.3 is 0 Å². The van der Waals surface area contributed by atoms with Crippen LogP contribution < -0.4 is 16.2 Å². The maximum absolute atomic E-state index is 11.9. The molecule has 0 aromatic heterocycles. The number of hydrazone groups is 2. The molecular formula is C14H19N5O2. The Morgan fingerprint density at radius 3 is 2.57 bits per heavy atom. The molecule has 21 heavy (non-hydrogen) atoms. The first kappa shape index (κ1) is 14.8. The van der Waals surface area contributed by atoms with E-state index in [9.17, 15) is 9.90 Å². The predicted octanol–water partition coefficient (Wildman–Crippen LogP) is 0.721. The van der Waals surface area contributed by atoms with Crippen molar-refractivity contribution in [2.45, 2.75) is 27.1 Å². The van der Waals surface area contributed by atoms with Crippen molar-refractivity contribution in [2.24, 2.45) is 15.6 Å². The van der Waals surface area contributed by atoms with Crippen molar-refractivity contribution in [3.63, 3.8) is 0 Å². The van der Waals surface area contributed by atoms with Gasteiger partial charge in [0.05, 0.1) is 6.21 Å². The molecule has 1 amide bonds. The van der Waals surface area contributed by atoms with Crippen LogP contribution in [0.3, 0.4) is 0 Å². The van der Waals surface area contributed by atoms with Gasteiger partial charge in [0.25, 0.3) is 5.91 Å². The Labute approximate surface area is 123 Å². The Morgan fingerprint density at radius 1 is 1.33 bits per heavy atom. The zero-order chi connectivity index (χ0) is 15.5. The van der Waals surface area contributed by atoms with Crippen molar-refractivity contribution in [3.05, 3.63) is 29.8 Å². The maximum Gasteiger partial charge on any atom is 0.271 e. The van der Waals surface area contributed by atoms with Gasteiger partial charge in [-0.05, 0) is 29.8 Å². The highest BCUT2D eigenvalue weighted by atomic mass is 16.3. The van der Waals surface area contributed by atoms with Crippen molar-refractivity contribution in [1.82, 2.24) is 16.2 Å². The van der Waals surface area contributed by atoms with Crippen LogP contribution in [0.15, 0.2) is 34.5 Å². The van der Waals surface area contributed by atoms with Crippen molar-refractivity contribution in [1.29, 1.82) is 0 Å². The molecule has 4 N–H and O–H groups in total. The smallest absolute Gasteiger partial charge is 0.271 e. The normalized spacial score (nSPS) is 18.9. The summed E-state index contributed by atoms with van der Waals surface area (Å²) in [6.45, 7) is 5.76. The van der Waals surface area contributed by atoms with Gasteiger partial charge in [-0.1, -0.05) is 20.8 Å². The van der Waals surface area contributed by atoms with E-state index in [4.69, 9.17) is 0 Å². The van der Waals surface area contributed by atoms with E-state index in [1.165, 1.54) is 0 Å². The highest BCUT2D eigenvalue weighted by Crippen LogP contribution is 2.17. The number of hydrogen-bond acceptors (Lipinski definition) is 6. The van der Waals surface area contributed by atoms with Crippen LogP contribution in [-0.2, 0) is 4.79 Å². The zero-order valence-corrected chi connectivity index (χ0v) is 12.2. The summed E-state index contributed by atoms with van der Waals surface area (Å²) in [4.78, 5) is 11.9. The molecule has 7 heteroatoms. The number of amides is 1. The summed E-state index contributed by atoms with van der Waals surface area (Å²) < 4.78 is 0. The number of rotatable bonds is 3. The van der Waals surface area contributed by atoms with E-state index in [1.807, 2.05) is 20.8 Å². The van der Waals surface area contributed by atoms with Gasteiger partial charge in [-0.3, -0.25) is 15.6 Å². The first-order valence-electron chi connectivity index (χ1n) is 6.58. The molecule has 1 heterocycles. The van der Waals surface area contributed by atoms with Crippen LogP contribution in [-0.4, -0.2) is 29.2 Å². The molecule has 0 aliphatic carbocycles. The lowest BCUT2D eigenvalue weighted by molar-refractivity contribution is -0.117. The summed E-state index contributed by atoms with van der Waals surface area (Å²) in [6.07, 6.45) is 1.02. The fraction of sp³-hybridized carbons (Fsp3) is 0.357. The molecule has 1 aliphatic rings. The van der Waals surface area contributed by atoms with Gasteiger partial charge in [-0.2, -0.15) is 10.2 Å². The molecule has 0 bridgehead atoms. The minimum atomic E-state index is -0.558. The highest BCUT2D eigenvalue weighted by molar-refractivity contribution is 6.40. The third-order valence-corrected chi connectivity index (χ3v) is 2.82. The third kappa shape index (κ3) is 3.95. The minimum absolute atomic E-state index is 0.199. The van der Waals surface area contributed by atoms with Crippen LogP contribution in [0.4, 0.5) is 0 Å². The second kappa shape index (κ2) is 5.82. The van der Waals surface area contributed by atoms with E-state index in [-0.39, 0.29) is 17.1 Å². The molecule has 1 unspecified atom stereocenters. The van der Waals surface area contributed by atoms with Crippen molar-refractivity contribution >= 4 is 17.8 Å². The van der Waals surface area contributed by atoms with E-state index in [2.05, 4.69) is 26.4 Å². The van der Waals surface area contributed by atoms with Crippen molar-refractivity contribution < 1.29 is 9.90 Å². The Bertz CT molecular complexity index is 572. The molecule has 1 aliphatic heterocycles. The third-order valence-electron chi connectivity index (χ3n) is 2.82. The van der Waals surface area contributed by atoms with Crippen LogP contribution in [0.1, 0.15) is 26.3 Å². The molecule has 0 fully saturated rings. The lowest BCUT2D eigenvalue weighted by Gasteiger charge is -2.28. The van der Waals surface area contributed by atoms with Crippen LogP contribution in [0, 0.1) is 5.41 Å². The number of phenols is 1. The number of carbonyl (C=O) groups excluding carboxylic acids is 1. The molecular weight excluding hydrogens is 270 g/mol. The quantitative estimate of drug-likeness (QED) is 0.487. The van der Waals surface area contributed by atoms with Crippen LogP contribution in [0.2, 0.25) is 0 Å². The monoisotopic (exact) mass is 289 g/mol. The van der Waals surface area contributed by atoms with E-state index >= 15 is 0 Å². The molecule has 0 saturated carbocycles. The lowest BCUT2D eigenvalue weighted by Crippen LogP contribution is -2.59. The Hall–Kier alpha value is -2.57. The topological polar surface area (TPSA) is 98.1 Å². The van der Waals surface area contributed by atoms with E-state index in [1.54, 1.807) is 30.5 Å². The van der Waals surface area contributed by atoms with Gasteiger partial charge in [0.15, 0.2) is 0 Å². The second-order valence-electron chi connectivity index (χ2n) is 5.72. The first-order valence-corrected chi connectivity index (χ1v) is 6.58. The maximum atomic E-state index is 11.9. The fourth-order valence-electron chi connectivity index (χ4n) is 1.73. The average molecular weight is 289 g/mol. The number of nitrogens with zero attached hydrogens (tertiary/aromatic N) is 2. The van der Waals surface area contributed by atoms with E-state index in [0.29, 0.717) is 5.71 Å². The number of aromatic hydroxyl groups is 1. The molecule has 0 saturated heterocycles. The molecule has 1 aromatic rings. The average Bonchev–Trinajstić information content (AvgIpc) is 2.40. The molecule has 7 nitrogen and oxygen atoms in total. The van der Waals surface area contributed by atoms with Crippen LogP contribution >= 0.6 is 0 Å². The molecule has 112 valence electrons. The zero-order valence-electron chi connectivity index (χ0n) is 12.2. The number of hydrogen-bond donors (Lipinski definition) is 4. The molecule has 1 atom stereocenters. The summed E-state index contributed by atoms with van der Waals surface area (Å²) in [7, 11) is 0. The van der Waals surface area contributed by atoms with Gasteiger partial charge < -0.3 is 10.4 Å². The summed E-state index contributed by atoms with van der Waals surface area (Å²) >= 11 is 0. The standard InChI is InChI=1S/C14H19N5O2/c1-14(2,3)11-12(21)16-13(19-17-11)18-15-8-9-4-6-10(20)7-5-9/h4-8,13,18-20H,1-3H3,(H,16,21)/b15-8+.